The minimum Gasteiger partial charge on any atom is -0.468 e. The van der Waals surface area contributed by atoms with Crippen LogP contribution in [0.1, 0.15) is 32.3 Å². The fraction of sp³-hybridized carbons (Fsp3) is 0.464. The highest BCUT2D eigenvalue weighted by atomic mass is 32.2. The smallest absolute Gasteiger partial charge is 0.322 e. The molecule has 11 nitrogen and oxygen atoms in total. The van der Waals surface area contributed by atoms with Crippen molar-refractivity contribution < 1.29 is 33.3 Å². The average Bonchev–Trinajstić information content (AvgIpc) is 2.92. The molecule has 1 aliphatic rings. The lowest BCUT2D eigenvalue weighted by Gasteiger charge is -2.38. The molecule has 12 heteroatoms. The molecule has 0 aliphatic carbocycles. The number of nitrogens with one attached hydrogen (secondary N) is 2. The number of para-hydroxylation sites is 2. The Morgan fingerprint density at radius 1 is 1.00 bits per heavy atom. The molecule has 1 fully saturated rings. The topological polar surface area (TPSA) is 153 Å². The quantitative estimate of drug-likeness (QED) is 0.317. The van der Waals surface area contributed by atoms with Crippen LogP contribution in [0.15, 0.2) is 54.6 Å². The summed E-state index contributed by atoms with van der Waals surface area (Å²) >= 11 is 0. The van der Waals surface area contributed by atoms with Crippen LogP contribution >= 0.6 is 0 Å². The van der Waals surface area contributed by atoms with E-state index in [4.69, 9.17) is 0 Å². The van der Waals surface area contributed by atoms with Gasteiger partial charge in [0.2, 0.25) is 15.9 Å². The Balaban J connectivity index is 1.66. The van der Waals surface area contributed by atoms with Crippen molar-refractivity contribution in [2.24, 2.45) is 0 Å². The monoisotopic (exact) mass is 574 g/mol. The first-order valence-corrected chi connectivity index (χ1v) is 14.9. The van der Waals surface area contributed by atoms with Crippen molar-refractivity contribution in [1.29, 1.82) is 0 Å². The minimum absolute atomic E-state index is 0.141. The molecule has 0 saturated carbocycles. The third-order valence-corrected chi connectivity index (χ3v) is 7.80. The first-order chi connectivity index (χ1) is 18.9. The van der Waals surface area contributed by atoms with Crippen molar-refractivity contribution in [1.82, 2.24) is 10.2 Å². The second-order valence-corrected chi connectivity index (χ2v) is 12.3. The second-order valence-electron chi connectivity index (χ2n) is 10.6. The van der Waals surface area contributed by atoms with Gasteiger partial charge < -0.3 is 25.6 Å². The number of ether oxygens (including phenoxy) is 1. The summed E-state index contributed by atoms with van der Waals surface area (Å²) in [6.07, 6.45) is 2.03. The molecule has 40 heavy (non-hydrogen) atoms. The van der Waals surface area contributed by atoms with Crippen LogP contribution in [0.3, 0.4) is 0 Å². The number of rotatable bonds is 12. The van der Waals surface area contributed by atoms with Crippen LogP contribution in [0, 0.1) is 0 Å². The Labute approximate surface area is 236 Å². The number of benzene rings is 2. The number of anilines is 2. The van der Waals surface area contributed by atoms with Gasteiger partial charge >= 0.3 is 5.97 Å². The normalized spacial score (nSPS) is 14.8. The highest BCUT2D eigenvalue weighted by Crippen LogP contribution is 2.28. The molecule has 2 aromatic carbocycles. The van der Waals surface area contributed by atoms with Gasteiger partial charge in [-0.3, -0.25) is 19.1 Å². The summed E-state index contributed by atoms with van der Waals surface area (Å²) < 4.78 is 31.8. The zero-order valence-electron chi connectivity index (χ0n) is 23.4. The van der Waals surface area contributed by atoms with E-state index in [1.807, 2.05) is 35.2 Å². The largest absolute Gasteiger partial charge is 0.468 e. The van der Waals surface area contributed by atoms with Gasteiger partial charge in [0, 0.05) is 26.2 Å². The average molecular weight is 575 g/mol. The summed E-state index contributed by atoms with van der Waals surface area (Å²) in [7, 11) is -2.83. The Morgan fingerprint density at radius 3 is 2.25 bits per heavy atom. The zero-order valence-corrected chi connectivity index (χ0v) is 24.2. The lowest BCUT2D eigenvalue weighted by Crippen LogP contribution is -2.76. The van der Waals surface area contributed by atoms with Gasteiger partial charge in [-0.15, -0.1) is 0 Å². The molecule has 2 amide bonds. The zero-order chi connectivity index (χ0) is 29.3. The maximum absolute atomic E-state index is 13.6. The molecule has 5 N–H and O–H groups in total. The van der Waals surface area contributed by atoms with Crippen molar-refractivity contribution in [3.8, 4) is 0 Å². The molecule has 1 heterocycles. The first kappa shape index (κ1) is 30.9. The fourth-order valence-corrected chi connectivity index (χ4v) is 5.42. The number of hydrogen-bond donors (Lipinski definition) is 3. The van der Waals surface area contributed by atoms with Gasteiger partial charge in [0.25, 0.3) is 5.91 Å². The van der Waals surface area contributed by atoms with Gasteiger partial charge in [0.15, 0.2) is 11.3 Å². The van der Waals surface area contributed by atoms with Crippen LogP contribution in [0.5, 0.6) is 0 Å². The number of amides is 2. The van der Waals surface area contributed by atoms with E-state index in [0.29, 0.717) is 44.0 Å². The molecular weight excluding hydrogens is 534 g/mol. The first-order valence-electron chi connectivity index (χ1n) is 13.3. The Bertz CT molecular complexity index is 1270. The third kappa shape index (κ3) is 8.95. The van der Waals surface area contributed by atoms with Gasteiger partial charge in [-0.05, 0) is 50.8 Å². The van der Waals surface area contributed by atoms with Crippen molar-refractivity contribution in [3.05, 3.63) is 60.2 Å². The number of piperazine rings is 1. The van der Waals surface area contributed by atoms with Crippen LogP contribution in [-0.2, 0) is 35.6 Å². The minimum atomic E-state index is -3.96. The van der Waals surface area contributed by atoms with Crippen LogP contribution < -0.4 is 20.7 Å². The molecule has 0 spiro atoms. The molecule has 1 saturated heterocycles. The molecule has 0 radical (unpaired) electrons. The van der Waals surface area contributed by atoms with Crippen LogP contribution in [0.2, 0.25) is 0 Å². The number of nitrogens with zero attached hydrogens (tertiary/aromatic N) is 2. The number of carbonyl (C=O) groups is 3. The second kappa shape index (κ2) is 13.6. The molecule has 1 atom stereocenters. The number of methoxy groups -OCH3 is 1. The standard InChI is InChI=1S/C28H39N5O6S/c1-28(2,29)27(36)30-23(14-9-12-21-10-5-4-6-11-21)26(35)33-18-16-32(17-19-33)24-15-8-7-13-22(24)31-40(37,38)20-25(34)39-3/h4-8,10-11,13,15,23,31H,9,12,14,16-20,29H2,1-3H3,(H,30,36)/p+1/t23-/m1/s1. The molecule has 1 aliphatic heterocycles. The number of quaternary nitrogens is 1. The predicted octanol–water partition coefficient (Wildman–Crippen LogP) is 0.778. The SMILES string of the molecule is COC(=O)CS(=O)(=O)Nc1ccccc1N1CCN(C(=O)[C@@H](CCCc2ccccc2)NC(=O)C(C)(C)[NH3+])CC1. The van der Waals surface area contributed by atoms with Gasteiger partial charge in [0.1, 0.15) is 6.04 Å². The van der Waals surface area contributed by atoms with Crippen LogP contribution in [0.4, 0.5) is 11.4 Å². The maximum Gasteiger partial charge on any atom is 0.322 e. The van der Waals surface area contributed by atoms with Crippen molar-refractivity contribution in [3.63, 3.8) is 0 Å². The summed E-state index contributed by atoms with van der Waals surface area (Å²) in [6, 6.07) is 16.2. The van der Waals surface area contributed by atoms with Crippen LogP contribution in [0.25, 0.3) is 0 Å². The highest BCUT2D eigenvalue weighted by Gasteiger charge is 2.34. The van der Waals surface area contributed by atoms with Crippen molar-refractivity contribution in [2.75, 3.05) is 48.7 Å². The van der Waals surface area contributed by atoms with Gasteiger partial charge in [-0.1, -0.05) is 42.5 Å². The summed E-state index contributed by atoms with van der Waals surface area (Å²) in [5, 5.41) is 2.92. The molecule has 0 aromatic heterocycles. The summed E-state index contributed by atoms with van der Waals surface area (Å²) in [5.74, 6) is -2.07. The van der Waals surface area contributed by atoms with E-state index in [-0.39, 0.29) is 11.8 Å². The van der Waals surface area contributed by atoms with Gasteiger partial charge in [-0.25, -0.2) is 8.42 Å². The van der Waals surface area contributed by atoms with Crippen molar-refractivity contribution in [2.45, 2.75) is 44.7 Å². The van der Waals surface area contributed by atoms with E-state index in [1.165, 1.54) is 5.56 Å². The Morgan fingerprint density at radius 2 is 1.62 bits per heavy atom. The molecule has 3 rings (SSSR count). The third-order valence-electron chi connectivity index (χ3n) is 6.66. The maximum atomic E-state index is 13.6. The van der Waals surface area contributed by atoms with Crippen LogP contribution in [-0.4, -0.2) is 81.7 Å². The highest BCUT2D eigenvalue weighted by molar-refractivity contribution is 7.93. The number of carbonyl (C=O) groups excluding carboxylic acids is 3. The molecule has 0 bridgehead atoms. The summed E-state index contributed by atoms with van der Waals surface area (Å²) in [4.78, 5) is 41.5. The fourth-order valence-electron chi connectivity index (χ4n) is 4.41. The Hall–Kier alpha value is -3.64. The molecule has 218 valence electrons. The summed E-state index contributed by atoms with van der Waals surface area (Å²) in [6.45, 7) is 5.16. The van der Waals surface area contributed by atoms with E-state index in [0.717, 1.165) is 20.0 Å². The number of sulfonamides is 1. The van der Waals surface area contributed by atoms with E-state index in [2.05, 4.69) is 20.5 Å². The number of hydrogen-bond acceptors (Lipinski definition) is 7. The Kier molecular flexibility index (Phi) is 10.5. The predicted molar refractivity (Wildman–Crippen MR) is 153 cm³/mol. The number of aryl methyl sites for hydroxylation is 1. The lowest BCUT2D eigenvalue weighted by molar-refractivity contribution is -0.446. The molecule has 0 unspecified atom stereocenters. The molecular formula is C28H40N5O6S+. The van der Waals surface area contributed by atoms with E-state index < -0.39 is 33.3 Å². The van der Waals surface area contributed by atoms with E-state index in [9.17, 15) is 22.8 Å². The van der Waals surface area contributed by atoms with Crippen molar-refractivity contribution >= 4 is 39.2 Å². The molecule has 2 aromatic rings. The van der Waals surface area contributed by atoms with E-state index >= 15 is 0 Å². The van der Waals surface area contributed by atoms with Gasteiger partial charge in [0.05, 0.1) is 18.5 Å². The van der Waals surface area contributed by atoms with E-state index in [1.54, 1.807) is 43.0 Å². The number of esters is 1. The summed E-state index contributed by atoms with van der Waals surface area (Å²) in [5.41, 5.74) is 5.19. The lowest BCUT2D eigenvalue weighted by atomic mass is 10.0. The van der Waals surface area contributed by atoms with Gasteiger partial charge in [-0.2, -0.15) is 0 Å².